The Hall–Kier alpha value is -1.07. The minimum Gasteiger partial charge on any atom is -0.330 e. The average Bonchev–Trinajstić information content (AvgIpc) is 2.64. The molecule has 0 aliphatic carbocycles. The molecule has 1 heterocycles. The van der Waals surface area contributed by atoms with Crippen LogP contribution in [-0.4, -0.2) is 22.2 Å². The number of nitrogens with zero attached hydrogens (tertiary/aromatic N) is 2. The molecule has 5 nitrogen and oxygen atoms in total. The molecule has 1 aromatic rings. The number of anilines is 1. The maximum atomic E-state index is 11.6. The normalized spacial score (nSPS) is 12.1. The summed E-state index contributed by atoms with van der Waals surface area (Å²) in [6.45, 7) is 6.16. The number of halogens is 1. The highest BCUT2D eigenvalue weighted by atomic mass is 35.5. The molecule has 1 aromatic heterocycles. The van der Waals surface area contributed by atoms with Crippen LogP contribution in [-0.2, 0) is 4.79 Å². The number of hydrogen-bond acceptors (Lipinski definition) is 3. The first kappa shape index (κ1) is 14.9. The van der Waals surface area contributed by atoms with E-state index >= 15 is 0 Å². The second-order valence-corrected chi connectivity index (χ2v) is 3.88. The Morgan fingerprint density at radius 1 is 1.56 bits per heavy atom. The van der Waals surface area contributed by atoms with Gasteiger partial charge < -0.3 is 11.1 Å². The van der Waals surface area contributed by atoms with Gasteiger partial charge in [0.15, 0.2) is 0 Å². The summed E-state index contributed by atoms with van der Waals surface area (Å²) >= 11 is 0. The molecule has 0 aromatic carbocycles. The third-order valence-corrected chi connectivity index (χ3v) is 2.21. The Labute approximate surface area is 102 Å². The summed E-state index contributed by atoms with van der Waals surface area (Å²) in [6.07, 6.45) is 1.67. The second kappa shape index (κ2) is 6.50. The third kappa shape index (κ3) is 3.50. The van der Waals surface area contributed by atoms with Crippen molar-refractivity contribution in [1.29, 1.82) is 0 Å². The van der Waals surface area contributed by atoms with Crippen molar-refractivity contribution in [2.75, 3.05) is 11.9 Å². The fourth-order valence-electron chi connectivity index (χ4n) is 1.18. The molecule has 3 N–H and O–H groups in total. The molecule has 16 heavy (non-hydrogen) atoms. The molecule has 0 radical (unpaired) electrons. The van der Waals surface area contributed by atoms with Gasteiger partial charge in [0.05, 0.1) is 6.20 Å². The highest BCUT2D eigenvalue weighted by Crippen LogP contribution is 2.13. The maximum absolute atomic E-state index is 11.6. The lowest BCUT2D eigenvalue weighted by Gasteiger charge is -2.13. The van der Waals surface area contributed by atoms with Crippen molar-refractivity contribution in [1.82, 2.24) is 9.78 Å². The van der Waals surface area contributed by atoms with E-state index in [1.165, 1.54) is 0 Å². The summed E-state index contributed by atoms with van der Waals surface area (Å²) < 4.78 is 1.77. The van der Waals surface area contributed by atoms with Gasteiger partial charge in [0.1, 0.15) is 5.82 Å². The van der Waals surface area contributed by atoms with Crippen molar-refractivity contribution in [3.8, 4) is 0 Å². The summed E-state index contributed by atoms with van der Waals surface area (Å²) in [4.78, 5) is 11.6. The van der Waals surface area contributed by atoms with Crippen LogP contribution in [0.5, 0.6) is 0 Å². The van der Waals surface area contributed by atoms with E-state index < -0.39 is 0 Å². The van der Waals surface area contributed by atoms with Gasteiger partial charge in [-0.15, -0.1) is 12.4 Å². The first-order valence-corrected chi connectivity index (χ1v) is 5.10. The average molecular weight is 247 g/mol. The predicted octanol–water partition coefficient (Wildman–Crippen LogP) is 1.42. The van der Waals surface area contributed by atoms with Crippen molar-refractivity contribution in [2.24, 2.45) is 11.7 Å². The molecule has 0 spiro atoms. The summed E-state index contributed by atoms with van der Waals surface area (Å²) in [6, 6.07) is 2.00. The van der Waals surface area contributed by atoms with Crippen molar-refractivity contribution in [3.63, 3.8) is 0 Å². The van der Waals surface area contributed by atoms with E-state index in [0.29, 0.717) is 6.54 Å². The van der Waals surface area contributed by atoms with Crippen LogP contribution in [0.1, 0.15) is 26.8 Å². The molecule has 1 rings (SSSR count). The zero-order valence-electron chi connectivity index (χ0n) is 9.80. The number of carbonyl (C=O) groups excluding carboxylic acids is 1. The van der Waals surface area contributed by atoms with Crippen LogP contribution in [0.15, 0.2) is 12.3 Å². The van der Waals surface area contributed by atoms with E-state index in [-0.39, 0.29) is 30.3 Å². The highest BCUT2D eigenvalue weighted by molar-refractivity contribution is 5.91. The summed E-state index contributed by atoms with van der Waals surface area (Å²) in [7, 11) is 0. The molecule has 1 atom stereocenters. The maximum Gasteiger partial charge on any atom is 0.229 e. The van der Waals surface area contributed by atoms with Crippen LogP contribution < -0.4 is 11.1 Å². The van der Waals surface area contributed by atoms with Crippen LogP contribution in [0.25, 0.3) is 0 Å². The summed E-state index contributed by atoms with van der Waals surface area (Å²) in [5.74, 6) is 0.468. The predicted molar refractivity (Wildman–Crippen MR) is 66.7 cm³/mol. The Kier molecular flexibility index (Phi) is 6.06. The Bertz CT molecular complexity index is 337. The lowest BCUT2D eigenvalue weighted by Crippen LogP contribution is -2.28. The zero-order chi connectivity index (χ0) is 11.4. The third-order valence-electron chi connectivity index (χ3n) is 2.21. The Morgan fingerprint density at radius 2 is 2.19 bits per heavy atom. The van der Waals surface area contributed by atoms with E-state index in [4.69, 9.17) is 5.73 Å². The molecule has 0 fully saturated rings. The van der Waals surface area contributed by atoms with Gasteiger partial charge in [0, 0.05) is 24.6 Å². The topological polar surface area (TPSA) is 72.9 Å². The van der Waals surface area contributed by atoms with Gasteiger partial charge in [-0.3, -0.25) is 4.79 Å². The molecule has 6 heteroatoms. The number of nitrogens with two attached hydrogens (primary N) is 1. The highest BCUT2D eigenvalue weighted by Gasteiger charge is 2.13. The number of rotatable bonds is 4. The van der Waals surface area contributed by atoms with E-state index in [9.17, 15) is 4.79 Å². The molecule has 0 aliphatic heterocycles. The smallest absolute Gasteiger partial charge is 0.229 e. The lowest BCUT2D eigenvalue weighted by molar-refractivity contribution is -0.119. The lowest BCUT2D eigenvalue weighted by atomic mass is 10.2. The summed E-state index contributed by atoms with van der Waals surface area (Å²) in [5, 5.41) is 6.93. The first-order chi connectivity index (χ1) is 7.06. The monoisotopic (exact) mass is 246 g/mol. The molecule has 0 aliphatic rings. The van der Waals surface area contributed by atoms with E-state index in [2.05, 4.69) is 10.4 Å². The first-order valence-electron chi connectivity index (χ1n) is 5.10. The van der Waals surface area contributed by atoms with Gasteiger partial charge in [-0.1, -0.05) is 6.92 Å². The molecule has 0 bridgehead atoms. The van der Waals surface area contributed by atoms with Crippen LogP contribution >= 0.6 is 12.4 Å². The Morgan fingerprint density at radius 3 is 2.69 bits per heavy atom. The van der Waals surface area contributed by atoms with Crippen LogP contribution in [0, 0.1) is 5.92 Å². The number of carbonyl (C=O) groups is 1. The van der Waals surface area contributed by atoms with Gasteiger partial charge in [-0.05, 0) is 13.8 Å². The molecule has 92 valence electrons. The molecule has 0 saturated carbocycles. The Balaban J connectivity index is 0.00000225. The zero-order valence-corrected chi connectivity index (χ0v) is 10.6. The SMILES string of the molecule is CC(CN)C(=O)Nc1ccnn1C(C)C.Cl. The quantitative estimate of drug-likeness (QED) is 0.844. The van der Waals surface area contributed by atoms with Crippen LogP contribution in [0.4, 0.5) is 5.82 Å². The molecular formula is C10H19ClN4O. The van der Waals surface area contributed by atoms with Gasteiger partial charge in [0.2, 0.25) is 5.91 Å². The van der Waals surface area contributed by atoms with Crippen LogP contribution in [0.3, 0.4) is 0 Å². The number of nitrogens with one attached hydrogen (secondary N) is 1. The summed E-state index contributed by atoms with van der Waals surface area (Å²) in [5.41, 5.74) is 5.42. The molecule has 0 saturated heterocycles. The standard InChI is InChI=1S/C10H18N4O.ClH/c1-7(2)14-9(4-5-12-14)13-10(15)8(3)6-11;/h4-5,7-8H,6,11H2,1-3H3,(H,13,15);1H. The number of aromatic nitrogens is 2. The minimum atomic E-state index is -0.180. The fourth-order valence-corrected chi connectivity index (χ4v) is 1.18. The van der Waals surface area contributed by atoms with Crippen molar-refractivity contribution >= 4 is 24.1 Å². The molecule has 1 amide bonds. The number of amides is 1. The van der Waals surface area contributed by atoms with Gasteiger partial charge in [0.25, 0.3) is 0 Å². The number of hydrogen-bond donors (Lipinski definition) is 2. The van der Waals surface area contributed by atoms with E-state index in [1.54, 1.807) is 23.9 Å². The molecular weight excluding hydrogens is 228 g/mol. The van der Waals surface area contributed by atoms with Gasteiger partial charge in [-0.2, -0.15) is 5.10 Å². The second-order valence-electron chi connectivity index (χ2n) is 3.88. The fraction of sp³-hybridized carbons (Fsp3) is 0.600. The van der Waals surface area contributed by atoms with Crippen molar-refractivity contribution < 1.29 is 4.79 Å². The van der Waals surface area contributed by atoms with Gasteiger partial charge in [-0.25, -0.2) is 4.68 Å². The minimum absolute atomic E-state index is 0. The molecule has 1 unspecified atom stereocenters. The largest absolute Gasteiger partial charge is 0.330 e. The van der Waals surface area contributed by atoms with E-state index in [1.807, 2.05) is 13.8 Å². The van der Waals surface area contributed by atoms with Crippen LogP contribution in [0.2, 0.25) is 0 Å². The van der Waals surface area contributed by atoms with Crippen molar-refractivity contribution in [2.45, 2.75) is 26.8 Å². The van der Waals surface area contributed by atoms with Crippen molar-refractivity contribution in [3.05, 3.63) is 12.3 Å². The van der Waals surface area contributed by atoms with Gasteiger partial charge >= 0.3 is 0 Å². The van der Waals surface area contributed by atoms with E-state index in [0.717, 1.165) is 5.82 Å².